The molecule has 1 saturated heterocycles. The number of amides is 1. The molecule has 1 aliphatic rings. The van der Waals surface area contributed by atoms with Gasteiger partial charge in [0.2, 0.25) is 5.95 Å². The second kappa shape index (κ2) is 10.9. The number of ether oxygens (including phenoxy) is 1. The number of carbonyl (C=O) groups excluding carboxylic acids is 1. The topological polar surface area (TPSA) is 83.5 Å². The van der Waals surface area contributed by atoms with Crippen LogP contribution in [0.25, 0.3) is 11.3 Å². The Morgan fingerprint density at radius 3 is 2.40 bits per heavy atom. The Morgan fingerprint density at radius 1 is 0.914 bits per heavy atom. The summed E-state index contributed by atoms with van der Waals surface area (Å²) in [5.74, 6) is 0.467. The smallest absolute Gasteiger partial charge is 0.251 e. The summed E-state index contributed by atoms with van der Waals surface area (Å²) in [5.41, 5.74) is 4.29. The van der Waals surface area contributed by atoms with E-state index in [1.165, 1.54) is 0 Å². The predicted molar refractivity (Wildman–Crippen MR) is 134 cm³/mol. The number of benzene rings is 2. The summed E-state index contributed by atoms with van der Waals surface area (Å²) in [4.78, 5) is 26.0. The Balaban J connectivity index is 1.35. The molecule has 0 unspecified atom stereocenters. The van der Waals surface area contributed by atoms with Crippen molar-refractivity contribution in [2.75, 3.05) is 31.3 Å². The highest BCUT2D eigenvalue weighted by atomic mass is 16.5. The molecule has 4 aromatic rings. The zero-order valence-corrected chi connectivity index (χ0v) is 19.2. The molecule has 0 spiro atoms. The number of carbonyl (C=O) groups is 1. The molecule has 3 heterocycles. The van der Waals surface area contributed by atoms with Crippen molar-refractivity contribution < 1.29 is 9.53 Å². The van der Waals surface area contributed by atoms with Crippen LogP contribution in [-0.4, -0.2) is 52.2 Å². The zero-order chi connectivity index (χ0) is 23.9. The van der Waals surface area contributed by atoms with Gasteiger partial charge >= 0.3 is 0 Å². The minimum atomic E-state index is -0.126. The number of nitrogens with zero attached hydrogens (tertiary/aromatic N) is 5. The molecular weight excluding hydrogens is 440 g/mol. The van der Waals surface area contributed by atoms with Crippen molar-refractivity contribution in [3.63, 3.8) is 0 Å². The van der Waals surface area contributed by atoms with Gasteiger partial charge in [-0.3, -0.25) is 9.78 Å². The molecule has 0 radical (unpaired) electrons. The van der Waals surface area contributed by atoms with E-state index in [1.807, 2.05) is 77.8 Å². The molecule has 0 atom stereocenters. The number of hydrazine groups is 1. The van der Waals surface area contributed by atoms with E-state index < -0.39 is 0 Å². The van der Waals surface area contributed by atoms with Crippen LogP contribution in [0.5, 0.6) is 0 Å². The number of aromatic nitrogens is 3. The van der Waals surface area contributed by atoms with Gasteiger partial charge in [0.25, 0.3) is 5.91 Å². The van der Waals surface area contributed by atoms with Gasteiger partial charge in [0, 0.05) is 49.4 Å². The first-order valence-electron chi connectivity index (χ1n) is 11.6. The Bertz CT molecular complexity index is 1250. The fourth-order valence-corrected chi connectivity index (χ4v) is 3.92. The van der Waals surface area contributed by atoms with Crippen molar-refractivity contribution in [2.24, 2.45) is 0 Å². The van der Waals surface area contributed by atoms with Gasteiger partial charge < -0.3 is 10.1 Å². The normalized spacial score (nSPS) is 13.8. The van der Waals surface area contributed by atoms with Crippen LogP contribution in [0.1, 0.15) is 15.9 Å². The van der Waals surface area contributed by atoms with E-state index in [2.05, 4.69) is 20.3 Å². The predicted octanol–water partition coefficient (Wildman–Crippen LogP) is 3.85. The third-order valence-electron chi connectivity index (χ3n) is 5.75. The van der Waals surface area contributed by atoms with Gasteiger partial charge in [0.1, 0.15) is 0 Å². The van der Waals surface area contributed by atoms with Gasteiger partial charge in [0.05, 0.1) is 24.6 Å². The van der Waals surface area contributed by atoms with Crippen LogP contribution < -0.4 is 10.3 Å². The van der Waals surface area contributed by atoms with Gasteiger partial charge in [-0.2, -0.15) is 0 Å². The molecule has 1 aliphatic heterocycles. The van der Waals surface area contributed by atoms with Gasteiger partial charge in [-0.15, -0.1) is 0 Å². The van der Waals surface area contributed by atoms with Gasteiger partial charge in [-0.05, 0) is 48.0 Å². The molecule has 176 valence electrons. The number of nitrogens with one attached hydrogen (secondary N) is 1. The highest BCUT2D eigenvalue weighted by Crippen LogP contribution is 2.27. The van der Waals surface area contributed by atoms with E-state index in [0.29, 0.717) is 31.3 Å². The molecule has 8 heteroatoms. The molecule has 1 fully saturated rings. The van der Waals surface area contributed by atoms with Gasteiger partial charge in [-0.1, -0.05) is 30.3 Å². The van der Waals surface area contributed by atoms with E-state index in [1.54, 1.807) is 18.6 Å². The van der Waals surface area contributed by atoms with Crippen LogP contribution in [-0.2, 0) is 11.3 Å². The lowest BCUT2D eigenvalue weighted by atomic mass is 10.1. The number of morpholine rings is 1. The summed E-state index contributed by atoms with van der Waals surface area (Å²) < 4.78 is 5.54. The van der Waals surface area contributed by atoms with Crippen LogP contribution >= 0.6 is 0 Å². The number of para-hydroxylation sites is 1. The standard InChI is InChI=1S/C27H26N6O2/c34-26(30-20-21-10-13-28-14-11-21)23-8-6-22(7-9-23)25-12-15-29-27(31-25)33(24-4-2-1-3-5-24)32-16-18-35-19-17-32/h1-15H,16-20H2,(H,30,34). The lowest BCUT2D eigenvalue weighted by molar-refractivity contribution is 0.0371. The first-order valence-corrected chi connectivity index (χ1v) is 11.6. The molecule has 35 heavy (non-hydrogen) atoms. The van der Waals surface area contributed by atoms with Crippen molar-refractivity contribution >= 4 is 17.5 Å². The minimum absolute atomic E-state index is 0.126. The molecular formula is C27H26N6O2. The van der Waals surface area contributed by atoms with Crippen molar-refractivity contribution in [3.05, 3.63) is 103 Å². The SMILES string of the molecule is O=C(NCc1ccncc1)c1ccc(-c2ccnc(N(c3ccccc3)N3CCOCC3)n2)cc1. The van der Waals surface area contributed by atoms with Crippen LogP contribution in [0.2, 0.25) is 0 Å². The van der Waals surface area contributed by atoms with Crippen molar-refractivity contribution in [1.29, 1.82) is 0 Å². The monoisotopic (exact) mass is 466 g/mol. The maximum Gasteiger partial charge on any atom is 0.251 e. The molecule has 2 aromatic heterocycles. The average molecular weight is 467 g/mol. The van der Waals surface area contributed by atoms with Crippen LogP contribution in [0.4, 0.5) is 11.6 Å². The van der Waals surface area contributed by atoms with E-state index in [-0.39, 0.29) is 5.91 Å². The lowest BCUT2D eigenvalue weighted by Crippen LogP contribution is -2.47. The minimum Gasteiger partial charge on any atom is -0.379 e. The fraction of sp³-hybridized carbons (Fsp3) is 0.185. The Hall–Kier alpha value is -4.14. The second-order valence-corrected chi connectivity index (χ2v) is 8.07. The maximum atomic E-state index is 12.6. The number of anilines is 2. The summed E-state index contributed by atoms with van der Waals surface area (Å²) >= 11 is 0. The Morgan fingerprint density at radius 2 is 1.66 bits per heavy atom. The summed E-state index contributed by atoms with van der Waals surface area (Å²) in [6.45, 7) is 3.29. The number of hydrogen-bond acceptors (Lipinski definition) is 7. The highest BCUT2D eigenvalue weighted by Gasteiger charge is 2.23. The first kappa shape index (κ1) is 22.6. The number of pyridine rings is 1. The summed E-state index contributed by atoms with van der Waals surface area (Å²) in [6.07, 6.45) is 5.19. The number of hydrogen-bond donors (Lipinski definition) is 1. The van der Waals surface area contributed by atoms with Crippen molar-refractivity contribution in [1.82, 2.24) is 25.3 Å². The molecule has 0 saturated carbocycles. The average Bonchev–Trinajstić information content (AvgIpc) is 2.94. The van der Waals surface area contributed by atoms with Crippen LogP contribution in [0.15, 0.2) is 91.4 Å². The largest absolute Gasteiger partial charge is 0.379 e. The van der Waals surface area contributed by atoms with Crippen LogP contribution in [0, 0.1) is 0 Å². The summed E-state index contributed by atoms with van der Waals surface area (Å²) in [7, 11) is 0. The Kier molecular flexibility index (Phi) is 7.02. The van der Waals surface area contributed by atoms with E-state index in [9.17, 15) is 4.79 Å². The summed E-state index contributed by atoms with van der Waals surface area (Å²) in [5, 5.41) is 7.19. The first-order chi connectivity index (χ1) is 17.3. The van der Waals surface area contributed by atoms with Gasteiger partial charge in [-0.25, -0.2) is 20.0 Å². The molecule has 8 nitrogen and oxygen atoms in total. The second-order valence-electron chi connectivity index (χ2n) is 8.07. The third kappa shape index (κ3) is 5.51. The Labute approximate surface area is 204 Å². The third-order valence-corrected chi connectivity index (χ3v) is 5.75. The fourth-order valence-electron chi connectivity index (χ4n) is 3.92. The molecule has 1 N–H and O–H groups in total. The van der Waals surface area contributed by atoms with Crippen LogP contribution in [0.3, 0.4) is 0 Å². The molecule has 1 amide bonds. The highest BCUT2D eigenvalue weighted by molar-refractivity contribution is 5.94. The molecule has 0 aliphatic carbocycles. The zero-order valence-electron chi connectivity index (χ0n) is 19.2. The molecule has 0 bridgehead atoms. The van der Waals surface area contributed by atoms with E-state index in [4.69, 9.17) is 9.72 Å². The summed E-state index contributed by atoms with van der Waals surface area (Å²) in [6, 6.07) is 23.2. The quantitative estimate of drug-likeness (QED) is 0.443. The van der Waals surface area contributed by atoms with Crippen molar-refractivity contribution in [2.45, 2.75) is 6.54 Å². The van der Waals surface area contributed by atoms with Crippen molar-refractivity contribution in [3.8, 4) is 11.3 Å². The van der Waals surface area contributed by atoms with E-state index >= 15 is 0 Å². The lowest BCUT2D eigenvalue weighted by Gasteiger charge is -2.37. The maximum absolute atomic E-state index is 12.6. The molecule has 5 rings (SSSR count). The molecule has 2 aromatic carbocycles. The number of rotatable bonds is 7. The van der Waals surface area contributed by atoms with Gasteiger partial charge in [0.15, 0.2) is 0 Å². The van der Waals surface area contributed by atoms with E-state index in [0.717, 1.165) is 35.6 Å².